The van der Waals surface area contributed by atoms with Gasteiger partial charge in [-0.05, 0) is 64.6 Å². The van der Waals surface area contributed by atoms with E-state index in [1.807, 2.05) is 6.26 Å². The molecule has 0 atom stereocenters. The van der Waals surface area contributed by atoms with Gasteiger partial charge in [-0.3, -0.25) is 0 Å². The van der Waals surface area contributed by atoms with Gasteiger partial charge in [0, 0.05) is 22.4 Å². The SMILES string of the molecule is Cc1c2c(c(CC(C)(C)C)c3occc13)Oc1c3ccc(CC(C)(C)C)cc3cc3cc[n+](C)c-2c13. The Morgan fingerprint density at radius 3 is 2.28 bits per heavy atom. The maximum atomic E-state index is 7.02. The van der Waals surface area contributed by atoms with E-state index in [1.165, 1.54) is 43.9 Å². The van der Waals surface area contributed by atoms with Gasteiger partial charge < -0.3 is 9.15 Å². The predicted octanol–water partition coefficient (Wildman–Crippen LogP) is 8.82. The Labute approximate surface area is 213 Å². The molecular formula is C33H36NO2+. The Morgan fingerprint density at radius 2 is 1.56 bits per heavy atom. The summed E-state index contributed by atoms with van der Waals surface area (Å²) in [6.07, 6.45) is 5.91. The van der Waals surface area contributed by atoms with E-state index < -0.39 is 0 Å². The zero-order valence-electron chi connectivity index (χ0n) is 22.8. The summed E-state index contributed by atoms with van der Waals surface area (Å²) in [6.45, 7) is 15.9. The third-order valence-electron chi connectivity index (χ3n) is 7.36. The zero-order chi connectivity index (χ0) is 25.6. The second-order valence-electron chi connectivity index (χ2n) is 13.0. The molecule has 0 saturated heterocycles. The van der Waals surface area contributed by atoms with Gasteiger partial charge in [-0.1, -0.05) is 59.7 Å². The van der Waals surface area contributed by atoms with Crippen molar-refractivity contribution in [3.63, 3.8) is 0 Å². The highest BCUT2D eigenvalue weighted by Gasteiger charge is 2.35. The first kappa shape index (κ1) is 23.1. The van der Waals surface area contributed by atoms with Gasteiger partial charge in [-0.2, -0.15) is 0 Å². The van der Waals surface area contributed by atoms with E-state index in [9.17, 15) is 0 Å². The second-order valence-corrected chi connectivity index (χ2v) is 13.0. The normalized spacial score (nSPS) is 13.4. The minimum absolute atomic E-state index is 0.0845. The molecule has 3 nitrogen and oxygen atoms in total. The number of aryl methyl sites for hydroxylation is 2. The van der Waals surface area contributed by atoms with Crippen LogP contribution in [-0.2, 0) is 19.9 Å². The fraction of sp³-hybridized carbons (Fsp3) is 0.364. The molecule has 0 saturated carbocycles. The highest BCUT2D eigenvalue weighted by atomic mass is 16.5. The molecule has 0 spiro atoms. The smallest absolute Gasteiger partial charge is 0.228 e. The van der Waals surface area contributed by atoms with Gasteiger partial charge >= 0.3 is 0 Å². The number of rotatable bonds is 2. The van der Waals surface area contributed by atoms with Crippen molar-refractivity contribution in [3.8, 4) is 22.8 Å². The van der Waals surface area contributed by atoms with Crippen LogP contribution in [0.5, 0.6) is 11.5 Å². The van der Waals surface area contributed by atoms with Gasteiger partial charge in [0.05, 0.1) is 17.2 Å². The second kappa shape index (κ2) is 7.59. The van der Waals surface area contributed by atoms with Crippen molar-refractivity contribution < 1.29 is 13.7 Å². The van der Waals surface area contributed by atoms with E-state index >= 15 is 0 Å². The molecule has 1 aliphatic heterocycles. The molecule has 0 unspecified atom stereocenters. The molecule has 5 aromatic rings. The fourth-order valence-electron chi connectivity index (χ4n) is 5.98. The average molecular weight is 479 g/mol. The molecule has 0 N–H and O–H groups in total. The Hall–Kier alpha value is -3.33. The lowest BCUT2D eigenvalue weighted by molar-refractivity contribution is -0.659. The Balaban J connectivity index is 1.71. The molecule has 184 valence electrons. The van der Waals surface area contributed by atoms with Gasteiger partial charge in [0.2, 0.25) is 5.69 Å². The molecule has 0 aliphatic carbocycles. The van der Waals surface area contributed by atoms with E-state index in [2.05, 4.69) is 103 Å². The van der Waals surface area contributed by atoms with Crippen molar-refractivity contribution in [1.82, 2.24) is 0 Å². The molecule has 2 aromatic heterocycles. The number of fused-ring (bicyclic) bond motifs is 5. The maximum Gasteiger partial charge on any atom is 0.228 e. The number of nitrogens with zero attached hydrogens (tertiary/aromatic N) is 1. The molecule has 3 heterocycles. The van der Waals surface area contributed by atoms with Crippen molar-refractivity contribution in [3.05, 3.63) is 65.5 Å². The molecule has 3 aromatic carbocycles. The van der Waals surface area contributed by atoms with Crippen LogP contribution in [0.2, 0.25) is 0 Å². The van der Waals surface area contributed by atoms with Gasteiger partial charge in [0.15, 0.2) is 6.20 Å². The molecular weight excluding hydrogens is 442 g/mol. The van der Waals surface area contributed by atoms with E-state index in [4.69, 9.17) is 9.15 Å². The Morgan fingerprint density at radius 1 is 0.806 bits per heavy atom. The minimum atomic E-state index is 0.0845. The van der Waals surface area contributed by atoms with E-state index in [0.717, 1.165) is 40.9 Å². The number of hydrogen-bond acceptors (Lipinski definition) is 2. The van der Waals surface area contributed by atoms with Crippen LogP contribution in [0.3, 0.4) is 0 Å². The number of aromatic nitrogens is 1. The Bertz CT molecular complexity index is 1690. The summed E-state index contributed by atoms with van der Waals surface area (Å²) in [4.78, 5) is 0. The Kier molecular flexibility index (Phi) is 4.87. The summed E-state index contributed by atoms with van der Waals surface area (Å²) in [5.41, 5.74) is 7.41. The first-order valence-electron chi connectivity index (χ1n) is 13.0. The fourth-order valence-corrected chi connectivity index (χ4v) is 5.98. The average Bonchev–Trinajstić information content (AvgIpc) is 3.26. The number of ether oxygens (including phenoxy) is 1. The molecule has 6 rings (SSSR count). The predicted molar refractivity (Wildman–Crippen MR) is 149 cm³/mol. The van der Waals surface area contributed by atoms with Gasteiger partial charge in [-0.15, -0.1) is 0 Å². The quantitative estimate of drug-likeness (QED) is 0.184. The van der Waals surface area contributed by atoms with Crippen molar-refractivity contribution in [1.29, 1.82) is 0 Å². The highest BCUT2D eigenvalue weighted by Crippen LogP contribution is 2.53. The van der Waals surface area contributed by atoms with Crippen LogP contribution < -0.4 is 9.30 Å². The molecule has 0 amide bonds. The summed E-state index contributed by atoms with van der Waals surface area (Å²) in [6, 6.07) is 13.5. The van der Waals surface area contributed by atoms with Gasteiger partial charge in [0.25, 0.3) is 0 Å². The van der Waals surface area contributed by atoms with Crippen molar-refractivity contribution in [2.24, 2.45) is 17.9 Å². The molecule has 0 radical (unpaired) electrons. The zero-order valence-corrected chi connectivity index (χ0v) is 22.8. The third kappa shape index (κ3) is 3.59. The molecule has 0 fully saturated rings. The number of hydrogen-bond donors (Lipinski definition) is 0. The van der Waals surface area contributed by atoms with Crippen LogP contribution in [0, 0.1) is 17.8 Å². The number of furan rings is 1. The van der Waals surface area contributed by atoms with Crippen molar-refractivity contribution in [2.45, 2.75) is 61.3 Å². The standard InChI is InChI=1S/C33H36NO2/c1-19-23-12-14-35-29(23)25(18-33(5,6)7)31-26(19)28-27-21(11-13-34(28)8)16-22-15-20(17-32(2,3)4)9-10-24(22)30(27)36-31/h9-16H,17-18H2,1-8H3/q+1. The molecule has 0 bridgehead atoms. The van der Waals surface area contributed by atoms with Crippen molar-refractivity contribution in [2.75, 3.05) is 0 Å². The van der Waals surface area contributed by atoms with Gasteiger partial charge in [0.1, 0.15) is 24.1 Å². The topological polar surface area (TPSA) is 26.2 Å². The minimum Gasteiger partial charge on any atom is -0.464 e. The van der Waals surface area contributed by atoms with Crippen LogP contribution in [0.15, 0.2) is 53.3 Å². The summed E-state index contributed by atoms with van der Waals surface area (Å²) in [5, 5.41) is 5.97. The van der Waals surface area contributed by atoms with E-state index in [-0.39, 0.29) is 10.8 Å². The summed E-state index contributed by atoms with van der Waals surface area (Å²) in [5.74, 6) is 1.91. The lowest BCUT2D eigenvalue weighted by Crippen LogP contribution is -2.32. The maximum absolute atomic E-state index is 7.02. The molecule has 1 aliphatic rings. The highest BCUT2D eigenvalue weighted by molar-refractivity contribution is 6.13. The lowest BCUT2D eigenvalue weighted by Gasteiger charge is -2.27. The molecule has 36 heavy (non-hydrogen) atoms. The molecule has 3 heteroatoms. The van der Waals surface area contributed by atoms with Crippen LogP contribution in [0.1, 0.15) is 58.2 Å². The van der Waals surface area contributed by atoms with Gasteiger partial charge in [-0.25, -0.2) is 4.57 Å². The van der Waals surface area contributed by atoms with Crippen molar-refractivity contribution >= 4 is 32.5 Å². The van der Waals surface area contributed by atoms with Crippen LogP contribution in [0.4, 0.5) is 0 Å². The van der Waals surface area contributed by atoms with Crippen LogP contribution in [0.25, 0.3) is 43.8 Å². The van der Waals surface area contributed by atoms with E-state index in [0.29, 0.717) is 0 Å². The van der Waals surface area contributed by atoms with Crippen LogP contribution >= 0.6 is 0 Å². The monoisotopic (exact) mass is 478 g/mol. The largest absolute Gasteiger partial charge is 0.464 e. The first-order chi connectivity index (χ1) is 16.9. The summed E-state index contributed by atoms with van der Waals surface area (Å²) < 4.78 is 15.4. The number of benzene rings is 3. The third-order valence-corrected chi connectivity index (χ3v) is 7.36. The van der Waals surface area contributed by atoms with Crippen LogP contribution in [-0.4, -0.2) is 0 Å². The van der Waals surface area contributed by atoms with E-state index in [1.54, 1.807) is 0 Å². The first-order valence-corrected chi connectivity index (χ1v) is 13.0. The lowest BCUT2D eigenvalue weighted by atomic mass is 9.83. The summed E-state index contributed by atoms with van der Waals surface area (Å²) >= 11 is 0. The summed E-state index contributed by atoms with van der Waals surface area (Å²) in [7, 11) is 2.15. The number of pyridine rings is 1.